The lowest BCUT2D eigenvalue weighted by Crippen LogP contribution is -2.59. The Balaban J connectivity index is 1.38. The standard InChI is InChI=1S/C54H74F3N7O8/c1-8-38(2)49(66)59-47(51(68)63-31-20-27-45(63)36-61(42(6)65)33-29-44-24-15-12-16-25-44)40(4)71-34-17-9-10-18-35-72-41(5)48(60-50(67)39(3)58-7)52(69)64-32-21-28-46(64)37-62(53(70)54(55,56)57)30-19-26-43-22-13-11-14-23-43/h11-16,22-25,38-41,45-48,58H,8,19-21,26-37H2,1-7H3,(H,59,66)(H,60,67)/t38-,39+,40?,41?,45?,46+,47?,48?/m1/s1. The summed E-state index contributed by atoms with van der Waals surface area (Å²) in [4.78, 5) is 85.8. The van der Waals surface area contributed by atoms with Gasteiger partial charge in [0.1, 0.15) is 25.3 Å². The Morgan fingerprint density at radius 2 is 1.18 bits per heavy atom. The van der Waals surface area contributed by atoms with E-state index in [9.17, 15) is 41.9 Å². The van der Waals surface area contributed by atoms with Gasteiger partial charge in [0.05, 0.1) is 18.2 Å². The van der Waals surface area contributed by atoms with E-state index in [1.54, 1.807) is 44.5 Å². The number of aryl methyl sites for hydroxylation is 1. The SMILES string of the molecule is CC[C@@H](C)C(=O)NC(C(=O)N1CCCC1CN(CCc1ccccc1)C(C)=O)C(C)OCC#CC#CCOC(C)C(NC(=O)[C@H](C)NC)C(=O)N1CCC[C@H]1CN(CCCc1ccccc1)C(=O)C(F)(F)F. The molecule has 18 heteroatoms. The lowest BCUT2D eigenvalue weighted by Gasteiger charge is -2.35. The van der Waals surface area contributed by atoms with Crippen LogP contribution in [0.5, 0.6) is 0 Å². The van der Waals surface area contributed by atoms with Crippen LogP contribution >= 0.6 is 0 Å². The van der Waals surface area contributed by atoms with Gasteiger partial charge in [0.15, 0.2) is 0 Å². The summed E-state index contributed by atoms with van der Waals surface area (Å²) < 4.78 is 53.4. The molecule has 2 aromatic carbocycles. The van der Waals surface area contributed by atoms with Crippen molar-refractivity contribution in [3.05, 3.63) is 71.8 Å². The van der Waals surface area contributed by atoms with E-state index in [1.165, 1.54) is 11.8 Å². The maximum absolute atomic E-state index is 14.3. The number of nitrogens with zero attached hydrogens (tertiary/aromatic N) is 4. The zero-order valence-corrected chi connectivity index (χ0v) is 42.9. The van der Waals surface area contributed by atoms with Crippen LogP contribution in [0.25, 0.3) is 0 Å². The molecule has 0 spiro atoms. The molecule has 0 bridgehead atoms. The summed E-state index contributed by atoms with van der Waals surface area (Å²) in [5.41, 5.74) is 2.03. The molecule has 0 aliphatic carbocycles. The first-order valence-corrected chi connectivity index (χ1v) is 25.1. The minimum absolute atomic E-state index is 0.0820. The quantitative estimate of drug-likeness (QED) is 0.121. The first kappa shape index (κ1) is 58.6. The molecule has 2 fully saturated rings. The van der Waals surface area contributed by atoms with Crippen molar-refractivity contribution >= 4 is 35.4 Å². The van der Waals surface area contributed by atoms with Crippen molar-refractivity contribution < 1.29 is 51.4 Å². The van der Waals surface area contributed by atoms with E-state index in [4.69, 9.17) is 9.47 Å². The molecular weight excluding hydrogens is 932 g/mol. The molecule has 2 aromatic rings. The van der Waals surface area contributed by atoms with E-state index >= 15 is 0 Å². The Kier molecular flexibility index (Phi) is 24.0. The molecule has 0 aromatic heterocycles. The Bertz CT molecular complexity index is 2210. The van der Waals surface area contributed by atoms with Gasteiger partial charge in [-0.05, 0) is 102 Å². The molecule has 2 saturated heterocycles. The number of rotatable bonds is 25. The normalized spacial score (nSPS) is 18.0. The fraction of sp³-hybridized carbons (Fsp3) is 0.593. The lowest BCUT2D eigenvalue weighted by atomic mass is 10.1. The van der Waals surface area contributed by atoms with Crippen LogP contribution in [0.15, 0.2) is 60.7 Å². The van der Waals surface area contributed by atoms with E-state index < -0.39 is 60.3 Å². The van der Waals surface area contributed by atoms with Crippen LogP contribution in [0.3, 0.4) is 0 Å². The van der Waals surface area contributed by atoms with Crippen molar-refractivity contribution in [1.29, 1.82) is 0 Å². The van der Waals surface area contributed by atoms with Crippen molar-refractivity contribution in [2.45, 2.75) is 142 Å². The lowest BCUT2D eigenvalue weighted by molar-refractivity contribution is -0.186. The number of hydrogen-bond acceptors (Lipinski definition) is 9. The van der Waals surface area contributed by atoms with Crippen LogP contribution in [-0.2, 0) is 51.1 Å². The zero-order chi connectivity index (χ0) is 52.8. The summed E-state index contributed by atoms with van der Waals surface area (Å²) in [7, 11) is 1.58. The maximum Gasteiger partial charge on any atom is 0.471 e. The van der Waals surface area contributed by atoms with Crippen LogP contribution in [0.1, 0.15) is 91.2 Å². The first-order valence-electron chi connectivity index (χ1n) is 25.1. The van der Waals surface area contributed by atoms with E-state index in [0.29, 0.717) is 58.2 Å². The molecule has 0 radical (unpaired) electrons. The topological polar surface area (TPSA) is 170 Å². The van der Waals surface area contributed by atoms with Crippen LogP contribution < -0.4 is 16.0 Å². The van der Waals surface area contributed by atoms with Crippen LogP contribution in [-0.4, -0.2) is 163 Å². The summed E-state index contributed by atoms with van der Waals surface area (Å²) >= 11 is 0. The molecule has 3 N–H and O–H groups in total. The highest BCUT2D eigenvalue weighted by Gasteiger charge is 2.45. The molecule has 2 heterocycles. The summed E-state index contributed by atoms with van der Waals surface area (Å²) in [6.45, 7) is 10.8. The third-order valence-electron chi connectivity index (χ3n) is 13.4. The summed E-state index contributed by atoms with van der Waals surface area (Å²) in [6.07, 6.45) is -2.50. The highest BCUT2D eigenvalue weighted by Crippen LogP contribution is 2.26. The number of likely N-dealkylation sites (tertiary alicyclic amines) is 2. The number of likely N-dealkylation sites (N-methyl/N-ethyl adjacent to an activating group) is 1. The molecule has 2 aliphatic heterocycles. The predicted octanol–water partition coefficient (Wildman–Crippen LogP) is 4.52. The Morgan fingerprint density at radius 1 is 0.708 bits per heavy atom. The number of hydrogen-bond donors (Lipinski definition) is 3. The number of carbonyl (C=O) groups excluding carboxylic acids is 6. The van der Waals surface area contributed by atoms with Gasteiger partial charge in [0.2, 0.25) is 29.5 Å². The largest absolute Gasteiger partial charge is 0.471 e. The fourth-order valence-electron chi connectivity index (χ4n) is 8.71. The molecule has 72 heavy (non-hydrogen) atoms. The monoisotopic (exact) mass is 1010 g/mol. The first-order chi connectivity index (χ1) is 34.4. The Morgan fingerprint density at radius 3 is 1.64 bits per heavy atom. The number of benzene rings is 2. The molecule has 2 aliphatic rings. The zero-order valence-electron chi connectivity index (χ0n) is 42.9. The minimum atomic E-state index is -5.10. The minimum Gasteiger partial charge on any atom is -0.363 e. The molecule has 15 nitrogen and oxygen atoms in total. The van der Waals surface area contributed by atoms with Gasteiger partial charge in [-0.15, -0.1) is 0 Å². The van der Waals surface area contributed by atoms with Crippen molar-refractivity contribution in [2.75, 3.05) is 59.5 Å². The average molecular weight is 1010 g/mol. The highest BCUT2D eigenvalue weighted by atomic mass is 19.4. The van der Waals surface area contributed by atoms with Gasteiger partial charge < -0.3 is 45.0 Å². The second kappa shape index (κ2) is 29.5. The molecule has 8 atom stereocenters. The maximum atomic E-state index is 14.3. The molecule has 5 unspecified atom stereocenters. The summed E-state index contributed by atoms with van der Waals surface area (Å²) in [5.74, 6) is 6.90. The van der Waals surface area contributed by atoms with Crippen molar-refractivity contribution in [3.63, 3.8) is 0 Å². The third-order valence-corrected chi connectivity index (χ3v) is 13.4. The number of amides is 6. The molecule has 4 rings (SSSR count). The molecule has 0 saturated carbocycles. The second-order valence-corrected chi connectivity index (χ2v) is 18.6. The van der Waals surface area contributed by atoms with Gasteiger partial charge >= 0.3 is 12.1 Å². The van der Waals surface area contributed by atoms with Crippen molar-refractivity contribution in [3.8, 4) is 23.7 Å². The number of nitrogens with one attached hydrogen (secondary N) is 3. The van der Waals surface area contributed by atoms with Gasteiger partial charge in [-0.1, -0.05) is 86.4 Å². The number of halogens is 3. The smallest absolute Gasteiger partial charge is 0.363 e. The summed E-state index contributed by atoms with van der Waals surface area (Å²) in [6, 6.07) is 15.2. The van der Waals surface area contributed by atoms with Crippen LogP contribution in [0.2, 0.25) is 0 Å². The van der Waals surface area contributed by atoms with E-state index in [1.807, 2.05) is 67.6 Å². The van der Waals surface area contributed by atoms with Crippen molar-refractivity contribution in [2.24, 2.45) is 5.92 Å². The Hall–Kier alpha value is -5.95. The van der Waals surface area contributed by atoms with Crippen LogP contribution in [0.4, 0.5) is 13.2 Å². The van der Waals surface area contributed by atoms with Crippen molar-refractivity contribution in [1.82, 2.24) is 35.6 Å². The highest BCUT2D eigenvalue weighted by molar-refractivity contribution is 5.91. The van der Waals surface area contributed by atoms with Gasteiger partial charge in [0, 0.05) is 64.2 Å². The number of ether oxygens (including phenoxy) is 2. The summed E-state index contributed by atoms with van der Waals surface area (Å²) in [5, 5.41) is 8.48. The third kappa shape index (κ3) is 18.3. The molecule has 394 valence electrons. The average Bonchev–Trinajstić information content (AvgIpc) is 4.05. The van der Waals surface area contributed by atoms with Crippen LogP contribution in [0, 0.1) is 29.6 Å². The van der Waals surface area contributed by atoms with Gasteiger partial charge in [-0.25, -0.2) is 0 Å². The number of carbonyl (C=O) groups is 6. The Labute approximate surface area is 423 Å². The van der Waals surface area contributed by atoms with E-state index in [2.05, 4.69) is 39.6 Å². The fourth-order valence-corrected chi connectivity index (χ4v) is 8.71. The van der Waals surface area contributed by atoms with Gasteiger partial charge in [-0.3, -0.25) is 28.8 Å². The van der Waals surface area contributed by atoms with Gasteiger partial charge in [0.25, 0.3) is 0 Å². The predicted molar refractivity (Wildman–Crippen MR) is 267 cm³/mol. The number of alkyl halides is 3. The van der Waals surface area contributed by atoms with Gasteiger partial charge in [-0.2, -0.15) is 13.2 Å². The second-order valence-electron chi connectivity index (χ2n) is 18.6. The van der Waals surface area contributed by atoms with E-state index in [-0.39, 0.29) is 69.0 Å². The molecule has 6 amide bonds. The molecular formula is C54H74F3N7O8. The van der Waals surface area contributed by atoms with E-state index in [0.717, 1.165) is 22.4 Å².